The van der Waals surface area contributed by atoms with E-state index in [0.29, 0.717) is 5.69 Å². The summed E-state index contributed by atoms with van der Waals surface area (Å²) >= 11 is 0. The minimum absolute atomic E-state index is 0.190. The summed E-state index contributed by atoms with van der Waals surface area (Å²) < 4.78 is 6.89. The summed E-state index contributed by atoms with van der Waals surface area (Å²) in [5.74, 6) is 0.592. The van der Waals surface area contributed by atoms with E-state index in [9.17, 15) is 4.79 Å². The van der Waals surface area contributed by atoms with Crippen molar-refractivity contribution in [1.82, 2.24) is 9.78 Å². The Kier molecular flexibility index (Phi) is 3.31. The largest absolute Gasteiger partial charge is 0.496 e. The lowest BCUT2D eigenvalue weighted by Gasteiger charge is -2.11. The smallest absolute Gasteiger partial charge is 0.273 e. The Morgan fingerprint density at radius 3 is 2.57 bits per heavy atom. The lowest BCUT2D eigenvalue weighted by molar-refractivity contribution is 0.101. The summed E-state index contributed by atoms with van der Waals surface area (Å²) in [6.07, 6.45) is 1.60. The van der Waals surface area contributed by atoms with Crippen LogP contribution in [0.2, 0.25) is 0 Å². The van der Waals surface area contributed by atoms with Crippen molar-refractivity contribution in [1.29, 1.82) is 0 Å². The van der Waals surface area contributed by atoms with E-state index in [-0.39, 0.29) is 5.91 Å². The molecule has 3 aromatic rings. The van der Waals surface area contributed by atoms with Gasteiger partial charge in [0.05, 0.1) is 7.11 Å². The Morgan fingerprint density at radius 2 is 1.90 bits per heavy atom. The number of methoxy groups -OCH3 is 1. The number of carbonyl (C=O) groups excluding carboxylic acids is 1. The van der Waals surface area contributed by atoms with Crippen molar-refractivity contribution < 1.29 is 9.53 Å². The second-order valence-electron chi connectivity index (χ2n) is 4.66. The fraction of sp³-hybridized carbons (Fsp3) is 0.125. The molecule has 0 aliphatic rings. The highest BCUT2D eigenvalue weighted by Crippen LogP contribution is 2.31. The third kappa shape index (κ3) is 2.33. The molecule has 5 nitrogen and oxygen atoms in total. The molecule has 0 radical (unpaired) electrons. The van der Waals surface area contributed by atoms with E-state index >= 15 is 0 Å². The topological polar surface area (TPSA) is 56.1 Å². The monoisotopic (exact) mass is 281 g/mol. The predicted molar refractivity (Wildman–Crippen MR) is 81.7 cm³/mol. The number of amides is 1. The zero-order valence-electron chi connectivity index (χ0n) is 11.8. The first-order valence-corrected chi connectivity index (χ1v) is 6.56. The van der Waals surface area contributed by atoms with Crippen LogP contribution in [-0.2, 0) is 7.05 Å². The summed E-state index contributed by atoms with van der Waals surface area (Å²) in [5.41, 5.74) is 1.26. The lowest BCUT2D eigenvalue weighted by atomic mass is 10.1. The first-order chi connectivity index (χ1) is 10.2. The number of fused-ring (bicyclic) bond motifs is 1. The van der Waals surface area contributed by atoms with Gasteiger partial charge in [0.1, 0.15) is 11.4 Å². The number of nitrogens with one attached hydrogen (secondary N) is 1. The minimum atomic E-state index is -0.190. The number of carbonyl (C=O) groups is 1. The van der Waals surface area contributed by atoms with E-state index in [4.69, 9.17) is 4.74 Å². The fourth-order valence-electron chi connectivity index (χ4n) is 2.34. The van der Waals surface area contributed by atoms with E-state index in [2.05, 4.69) is 10.4 Å². The van der Waals surface area contributed by atoms with Crippen molar-refractivity contribution >= 4 is 22.4 Å². The van der Waals surface area contributed by atoms with Crippen molar-refractivity contribution in [2.45, 2.75) is 0 Å². The Balaban J connectivity index is 2.02. The molecule has 0 aliphatic carbocycles. The molecule has 1 N–H and O–H groups in total. The number of nitrogens with zero attached hydrogens (tertiary/aromatic N) is 2. The highest BCUT2D eigenvalue weighted by atomic mass is 16.5. The van der Waals surface area contributed by atoms with Gasteiger partial charge in [0.15, 0.2) is 0 Å². The van der Waals surface area contributed by atoms with Crippen LogP contribution >= 0.6 is 0 Å². The molecule has 3 rings (SSSR count). The highest BCUT2D eigenvalue weighted by molar-refractivity contribution is 6.09. The summed E-state index contributed by atoms with van der Waals surface area (Å²) in [6.45, 7) is 0. The number of ether oxygens (including phenoxy) is 1. The SMILES string of the molecule is COc1ccc(NC(=O)c2ccnn2C)c2ccccc12. The highest BCUT2D eigenvalue weighted by Gasteiger charge is 2.12. The number of hydrogen-bond acceptors (Lipinski definition) is 3. The van der Waals surface area contributed by atoms with Gasteiger partial charge in [0.2, 0.25) is 0 Å². The molecule has 0 spiro atoms. The molecule has 106 valence electrons. The first-order valence-electron chi connectivity index (χ1n) is 6.56. The van der Waals surface area contributed by atoms with E-state index in [0.717, 1.165) is 22.2 Å². The maximum atomic E-state index is 12.3. The van der Waals surface area contributed by atoms with Gasteiger partial charge in [-0.05, 0) is 18.2 Å². The average molecular weight is 281 g/mol. The summed E-state index contributed by atoms with van der Waals surface area (Å²) in [6, 6.07) is 13.2. The van der Waals surface area contributed by atoms with E-state index < -0.39 is 0 Å². The normalized spacial score (nSPS) is 10.6. The van der Waals surface area contributed by atoms with Gasteiger partial charge in [-0.15, -0.1) is 0 Å². The second-order valence-corrected chi connectivity index (χ2v) is 4.66. The average Bonchev–Trinajstić information content (AvgIpc) is 2.94. The van der Waals surface area contributed by atoms with Crippen LogP contribution < -0.4 is 10.1 Å². The number of rotatable bonds is 3. The molecule has 1 amide bonds. The van der Waals surface area contributed by atoms with Crippen LogP contribution in [0.1, 0.15) is 10.5 Å². The van der Waals surface area contributed by atoms with E-state index in [1.54, 1.807) is 31.1 Å². The molecule has 1 aromatic heterocycles. The van der Waals surface area contributed by atoms with Crippen molar-refractivity contribution in [2.75, 3.05) is 12.4 Å². The number of aromatic nitrogens is 2. The molecule has 2 aromatic carbocycles. The van der Waals surface area contributed by atoms with Crippen molar-refractivity contribution in [3.8, 4) is 5.75 Å². The molecule has 21 heavy (non-hydrogen) atoms. The Bertz CT molecular complexity index is 808. The Hall–Kier alpha value is -2.82. The molecule has 0 aliphatic heterocycles. The maximum Gasteiger partial charge on any atom is 0.273 e. The number of aryl methyl sites for hydroxylation is 1. The van der Waals surface area contributed by atoms with Gasteiger partial charge in [-0.3, -0.25) is 9.48 Å². The molecule has 5 heteroatoms. The van der Waals surface area contributed by atoms with Crippen molar-refractivity contribution in [3.05, 3.63) is 54.4 Å². The number of anilines is 1. The van der Waals surface area contributed by atoms with Crippen LogP contribution in [0, 0.1) is 0 Å². The quantitative estimate of drug-likeness (QED) is 0.803. The summed E-state index contributed by atoms with van der Waals surface area (Å²) in [5, 5.41) is 8.83. The minimum Gasteiger partial charge on any atom is -0.496 e. The Morgan fingerprint density at radius 1 is 1.14 bits per heavy atom. The molecule has 0 atom stereocenters. The molecular formula is C16H15N3O2. The molecule has 0 saturated carbocycles. The zero-order valence-corrected chi connectivity index (χ0v) is 11.8. The van der Waals surface area contributed by atoms with Crippen LogP contribution in [0.4, 0.5) is 5.69 Å². The molecule has 0 saturated heterocycles. The van der Waals surface area contributed by atoms with Gasteiger partial charge >= 0.3 is 0 Å². The first kappa shape index (κ1) is 13.2. The molecular weight excluding hydrogens is 266 g/mol. The third-order valence-corrected chi connectivity index (χ3v) is 3.41. The zero-order chi connectivity index (χ0) is 14.8. The van der Waals surface area contributed by atoms with Gasteiger partial charge < -0.3 is 10.1 Å². The second kappa shape index (κ2) is 5.28. The maximum absolute atomic E-state index is 12.3. The molecule has 0 bridgehead atoms. The van der Waals surface area contributed by atoms with E-state index in [1.165, 1.54) is 0 Å². The third-order valence-electron chi connectivity index (χ3n) is 3.41. The molecule has 0 unspecified atom stereocenters. The Labute approximate surface area is 122 Å². The summed E-state index contributed by atoms with van der Waals surface area (Å²) in [7, 11) is 3.37. The molecule has 0 fully saturated rings. The number of hydrogen-bond donors (Lipinski definition) is 1. The van der Waals surface area contributed by atoms with Gasteiger partial charge in [-0.2, -0.15) is 5.10 Å². The van der Waals surface area contributed by atoms with Gasteiger partial charge in [-0.1, -0.05) is 24.3 Å². The van der Waals surface area contributed by atoms with E-state index in [1.807, 2.05) is 36.4 Å². The van der Waals surface area contributed by atoms with Crippen LogP contribution in [0.25, 0.3) is 10.8 Å². The van der Waals surface area contributed by atoms with Crippen LogP contribution in [-0.4, -0.2) is 22.8 Å². The lowest BCUT2D eigenvalue weighted by Crippen LogP contribution is -2.16. The van der Waals surface area contributed by atoms with Gasteiger partial charge in [0.25, 0.3) is 5.91 Å². The predicted octanol–water partition coefficient (Wildman–Crippen LogP) is 2.83. The van der Waals surface area contributed by atoms with Crippen LogP contribution in [0.3, 0.4) is 0 Å². The van der Waals surface area contributed by atoms with Crippen molar-refractivity contribution in [3.63, 3.8) is 0 Å². The van der Waals surface area contributed by atoms with Crippen LogP contribution in [0.5, 0.6) is 5.75 Å². The molecule has 1 heterocycles. The summed E-state index contributed by atoms with van der Waals surface area (Å²) in [4.78, 5) is 12.3. The number of benzene rings is 2. The standard InChI is InChI=1S/C16H15N3O2/c1-19-14(9-10-17-19)16(20)18-13-7-8-15(21-2)12-6-4-3-5-11(12)13/h3-10H,1-2H3,(H,18,20). The van der Waals surface area contributed by atoms with Gasteiger partial charge in [0, 0.05) is 29.7 Å². The van der Waals surface area contributed by atoms with Gasteiger partial charge in [-0.25, -0.2) is 0 Å². The van der Waals surface area contributed by atoms with Crippen molar-refractivity contribution in [2.24, 2.45) is 7.05 Å². The van der Waals surface area contributed by atoms with Crippen LogP contribution in [0.15, 0.2) is 48.7 Å². The fourth-order valence-corrected chi connectivity index (χ4v) is 2.34.